The third-order valence-corrected chi connectivity index (χ3v) is 5.61. The van der Waals surface area contributed by atoms with Crippen LogP contribution in [0.25, 0.3) is 10.9 Å². The first-order valence-electron chi connectivity index (χ1n) is 9.44. The van der Waals surface area contributed by atoms with E-state index in [2.05, 4.69) is 53.9 Å². The molecule has 1 saturated carbocycles. The Morgan fingerprint density at radius 3 is 2.48 bits per heavy atom. The Kier molecular flexibility index (Phi) is 6.59. The van der Waals surface area contributed by atoms with Gasteiger partial charge in [0.1, 0.15) is 0 Å². The van der Waals surface area contributed by atoms with Gasteiger partial charge in [-0.05, 0) is 55.9 Å². The van der Waals surface area contributed by atoms with Crippen molar-refractivity contribution >= 4 is 10.9 Å². The van der Waals surface area contributed by atoms with E-state index in [1.807, 2.05) is 20.8 Å². The third kappa shape index (κ3) is 3.58. The number of aryl methyl sites for hydroxylation is 1. The molecular weight excluding hydrogens is 310 g/mol. The van der Waals surface area contributed by atoms with Gasteiger partial charge < -0.3 is 9.47 Å². The SMILES string of the molecule is CC.COC.Cc1ccc2cc(C34CCOC(C)C3[C@H]4C)ccc2n1. The molecule has 0 radical (unpaired) electrons. The molecule has 138 valence electrons. The van der Waals surface area contributed by atoms with Gasteiger partial charge in [0.05, 0.1) is 11.6 Å². The minimum atomic E-state index is 0.358. The lowest BCUT2D eigenvalue weighted by Gasteiger charge is -2.27. The van der Waals surface area contributed by atoms with E-state index >= 15 is 0 Å². The minimum absolute atomic E-state index is 0.358. The fourth-order valence-electron chi connectivity index (χ4n) is 4.52. The van der Waals surface area contributed by atoms with Gasteiger partial charge in [-0.1, -0.05) is 32.9 Å². The number of hydrogen-bond acceptors (Lipinski definition) is 3. The molecule has 2 aliphatic rings. The van der Waals surface area contributed by atoms with Crippen LogP contribution in [0.15, 0.2) is 30.3 Å². The Morgan fingerprint density at radius 1 is 1.12 bits per heavy atom. The Balaban J connectivity index is 0.000000410. The minimum Gasteiger partial charge on any atom is -0.388 e. The monoisotopic (exact) mass is 343 g/mol. The molecular formula is C22H33NO2. The number of aromatic nitrogens is 1. The zero-order valence-electron chi connectivity index (χ0n) is 16.8. The van der Waals surface area contributed by atoms with Crippen LogP contribution >= 0.6 is 0 Å². The average Bonchev–Trinajstić information content (AvgIpc) is 3.24. The number of fused-ring (bicyclic) bond motifs is 2. The van der Waals surface area contributed by atoms with Gasteiger partial charge in [-0.25, -0.2) is 0 Å². The predicted octanol–water partition coefficient (Wildman–Crippen LogP) is 5.14. The van der Waals surface area contributed by atoms with Gasteiger partial charge in [0.2, 0.25) is 0 Å². The van der Waals surface area contributed by atoms with Crippen LogP contribution in [0.2, 0.25) is 0 Å². The molecule has 3 nitrogen and oxygen atoms in total. The zero-order valence-corrected chi connectivity index (χ0v) is 16.8. The highest BCUT2D eigenvalue weighted by Crippen LogP contribution is 2.65. The molecule has 1 saturated heterocycles. The summed E-state index contributed by atoms with van der Waals surface area (Å²) in [5.74, 6) is 1.42. The molecule has 1 aromatic heterocycles. The van der Waals surface area contributed by atoms with Crippen LogP contribution in [0.5, 0.6) is 0 Å². The molecule has 1 aromatic carbocycles. The summed E-state index contributed by atoms with van der Waals surface area (Å²) < 4.78 is 10.1. The van der Waals surface area contributed by atoms with Gasteiger partial charge in [0.15, 0.2) is 0 Å². The average molecular weight is 344 g/mol. The smallest absolute Gasteiger partial charge is 0.0705 e. The number of pyridine rings is 1. The lowest BCUT2D eigenvalue weighted by molar-refractivity contribution is 0.0121. The molecule has 3 unspecified atom stereocenters. The van der Waals surface area contributed by atoms with Gasteiger partial charge in [-0.3, -0.25) is 4.98 Å². The number of benzene rings is 1. The van der Waals surface area contributed by atoms with Crippen molar-refractivity contribution in [3.05, 3.63) is 41.6 Å². The maximum atomic E-state index is 5.84. The highest BCUT2D eigenvalue weighted by molar-refractivity contribution is 5.80. The molecule has 0 N–H and O–H groups in total. The number of methoxy groups -OCH3 is 1. The van der Waals surface area contributed by atoms with Crippen molar-refractivity contribution in [2.45, 2.75) is 52.6 Å². The maximum Gasteiger partial charge on any atom is 0.0705 e. The molecule has 1 aliphatic heterocycles. The van der Waals surface area contributed by atoms with Crippen LogP contribution in [-0.2, 0) is 14.9 Å². The number of hydrogen-bond donors (Lipinski definition) is 0. The normalized spacial score (nSPS) is 29.6. The molecule has 2 aromatic rings. The largest absolute Gasteiger partial charge is 0.388 e. The highest BCUT2D eigenvalue weighted by atomic mass is 16.5. The first-order chi connectivity index (χ1) is 12.0. The van der Waals surface area contributed by atoms with Crippen molar-refractivity contribution in [1.29, 1.82) is 0 Å². The first-order valence-corrected chi connectivity index (χ1v) is 9.44. The molecule has 25 heavy (non-hydrogen) atoms. The van der Waals surface area contributed by atoms with E-state index in [9.17, 15) is 0 Å². The van der Waals surface area contributed by atoms with Crippen molar-refractivity contribution in [3.8, 4) is 0 Å². The second kappa shape index (κ2) is 8.29. The summed E-state index contributed by atoms with van der Waals surface area (Å²) in [6.45, 7) is 11.6. The van der Waals surface area contributed by atoms with E-state index < -0.39 is 0 Å². The molecule has 0 spiro atoms. The lowest BCUT2D eigenvalue weighted by Crippen LogP contribution is -2.27. The fraction of sp³-hybridized carbons (Fsp3) is 0.591. The molecule has 4 rings (SSSR count). The second-order valence-corrected chi connectivity index (χ2v) is 6.95. The van der Waals surface area contributed by atoms with Crippen LogP contribution in [0, 0.1) is 18.8 Å². The lowest BCUT2D eigenvalue weighted by atomic mass is 9.85. The van der Waals surface area contributed by atoms with Crippen molar-refractivity contribution in [2.75, 3.05) is 20.8 Å². The van der Waals surface area contributed by atoms with E-state index in [1.165, 1.54) is 10.9 Å². The summed E-state index contributed by atoms with van der Waals surface area (Å²) in [6.07, 6.45) is 1.55. The van der Waals surface area contributed by atoms with E-state index in [4.69, 9.17) is 4.74 Å². The van der Waals surface area contributed by atoms with Crippen LogP contribution in [-0.4, -0.2) is 31.9 Å². The zero-order chi connectivity index (χ0) is 18.6. The van der Waals surface area contributed by atoms with Crippen LogP contribution in [0.3, 0.4) is 0 Å². The molecule has 2 heterocycles. The van der Waals surface area contributed by atoms with Crippen molar-refractivity contribution in [3.63, 3.8) is 0 Å². The summed E-state index contributed by atoms with van der Waals surface area (Å²) in [6, 6.07) is 11.1. The van der Waals surface area contributed by atoms with Crippen LogP contribution < -0.4 is 0 Å². The standard InChI is InChI=1S/C18H21NO.C2H6O.C2H6/c1-11-4-5-14-10-15(6-7-16(14)19-11)18-8-9-20-13(3)17(18)12(18)2;1-3-2;1-2/h4-7,10,12-13,17H,8-9H2,1-3H3;1-2H3;1-2H3/t12-,13?,17?,18?;;/m1../s1. The van der Waals surface area contributed by atoms with E-state index in [0.29, 0.717) is 17.4 Å². The summed E-state index contributed by atoms with van der Waals surface area (Å²) in [7, 11) is 3.25. The van der Waals surface area contributed by atoms with Crippen molar-refractivity contribution in [1.82, 2.24) is 4.98 Å². The number of rotatable bonds is 1. The van der Waals surface area contributed by atoms with Gasteiger partial charge in [-0.15, -0.1) is 0 Å². The topological polar surface area (TPSA) is 31.4 Å². The van der Waals surface area contributed by atoms with Gasteiger partial charge >= 0.3 is 0 Å². The summed E-state index contributed by atoms with van der Waals surface area (Å²) in [4.78, 5) is 4.61. The van der Waals surface area contributed by atoms with Gasteiger partial charge in [0.25, 0.3) is 0 Å². The molecule has 3 heteroatoms. The second-order valence-electron chi connectivity index (χ2n) is 6.95. The van der Waals surface area contributed by atoms with E-state index in [-0.39, 0.29) is 0 Å². The molecule has 2 fully saturated rings. The Bertz CT molecular complexity index is 699. The summed E-state index contributed by atoms with van der Waals surface area (Å²) in [5, 5.41) is 1.26. The first kappa shape index (κ1) is 19.9. The Morgan fingerprint density at radius 2 is 1.80 bits per heavy atom. The molecule has 4 atom stereocenters. The number of nitrogens with zero attached hydrogens (tertiary/aromatic N) is 1. The van der Waals surface area contributed by atoms with Gasteiger partial charge in [-0.2, -0.15) is 0 Å². The van der Waals surface area contributed by atoms with Gasteiger partial charge in [0, 0.05) is 37.3 Å². The van der Waals surface area contributed by atoms with E-state index in [1.54, 1.807) is 14.2 Å². The van der Waals surface area contributed by atoms with E-state index in [0.717, 1.165) is 30.2 Å². The molecule has 1 aliphatic carbocycles. The quantitative estimate of drug-likeness (QED) is 0.718. The summed E-state index contributed by atoms with van der Waals surface area (Å²) in [5.41, 5.74) is 4.04. The maximum absolute atomic E-state index is 5.84. The molecule has 0 amide bonds. The fourth-order valence-corrected chi connectivity index (χ4v) is 4.52. The van der Waals surface area contributed by atoms with Crippen LogP contribution in [0.1, 0.15) is 45.4 Å². The van der Waals surface area contributed by atoms with Crippen LogP contribution in [0.4, 0.5) is 0 Å². The Labute approximate surface area is 152 Å². The van der Waals surface area contributed by atoms with Crippen molar-refractivity contribution < 1.29 is 9.47 Å². The molecule has 0 bridgehead atoms. The predicted molar refractivity (Wildman–Crippen MR) is 105 cm³/mol. The Hall–Kier alpha value is -1.45. The third-order valence-electron chi connectivity index (χ3n) is 5.61. The summed E-state index contributed by atoms with van der Waals surface area (Å²) >= 11 is 0. The number of ether oxygens (including phenoxy) is 2. The van der Waals surface area contributed by atoms with Crippen molar-refractivity contribution in [2.24, 2.45) is 11.8 Å². The highest BCUT2D eigenvalue weighted by Gasteiger charge is 2.66.